The van der Waals surface area contributed by atoms with Crippen molar-refractivity contribution in [3.63, 3.8) is 0 Å². The van der Waals surface area contributed by atoms with Crippen LogP contribution in [0, 0.1) is 21.7 Å². The zero-order valence-electron chi connectivity index (χ0n) is 14.6. The Labute approximate surface area is 146 Å². The largest absolute Gasteiger partial charge is 0.384 e. The second kappa shape index (κ2) is 7.59. The molecule has 0 radical (unpaired) electrons. The summed E-state index contributed by atoms with van der Waals surface area (Å²) in [4.78, 5) is 10.5. The van der Waals surface area contributed by atoms with Crippen LogP contribution in [0.2, 0.25) is 0 Å². The molecular formula is C19H22F2N2O2. The third-order valence-electron chi connectivity index (χ3n) is 4.20. The summed E-state index contributed by atoms with van der Waals surface area (Å²) in [6, 6.07) is 8.28. The molecule has 0 aliphatic rings. The molecule has 0 saturated carbocycles. The van der Waals surface area contributed by atoms with Crippen molar-refractivity contribution in [2.24, 2.45) is 0 Å². The predicted octanol–water partition coefficient (Wildman–Crippen LogP) is 5.22. The minimum atomic E-state index is -0.606. The molecule has 2 rings (SSSR count). The minimum Gasteiger partial charge on any atom is -0.384 e. The maximum absolute atomic E-state index is 14.1. The van der Waals surface area contributed by atoms with E-state index in [0.29, 0.717) is 18.5 Å². The standard InChI is InChI=1S/C19H22F2N2O2/c1-4-5-13-10-15(23(24)25)7-9-18(13)22-12-19(2,3)16-8-6-14(20)11-17(16)21/h6-11,22H,4-5,12H2,1-3H3. The molecule has 0 heterocycles. The number of nitro groups is 1. The summed E-state index contributed by atoms with van der Waals surface area (Å²) in [5.41, 5.74) is 1.54. The maximum Gasteiger partial charge on any atom is 0.269 e. The molecule has 2 aromatic rings. The van der Waals surface area contributed by atoms with Crippen LogP contribution >= 0.6 is 0 Å². The first-order valence-electron chi connectivity index (χ1n) is 8.21. The summed E-state index contributed by atoms with van der Waals surface area (Å²) in [6.07, 6.45) is 1.56. The van der Waals surface area contributed by atoms with E-state index in [0.717, 1.165) is 23.7 Å². The van der Waals surface area contributed by atoms with Crippen molar-refractivity contribution in [2.75, 3.05) is 11.9 Å². The van der Waals surface area contributed by atoms with Crippen LogP contribution in [-0.4, -0.2) is 11.5 Å². The van der Waals surface area contributed by atoms with E-state index in [1.807, 2.05) is 20.8 Å². The molecule has 0 saturated heterocycles. The smallest absolute Gasteiger partial charge is 0.269 e. The van der Waals surface area contributed by atoms with Gasteiger partial charge in [0.1, 0.15) is 11.6 Å². The molecule has 25 heavy (non-hydrogen) atoms. The van der Waals surface area contributed by atoms with Gasteiger partial charge in [-0.25, -0.2) is 8.78 Å². The summed E-state index contributed by atoms with van der Waals surface area (Å²) in [5, 5.41) is 14.2. The second-order valence-electron chi connectivity index (χ2n) is 6.71. The number of hydrogen-bond acceptors (Lipinski definition) is 3. The number of benzene rings is 2. The van der Waals surface area contributed by atoms with E-state index in [1.165, 1.54) is 18.2 Å². The summed E-state index contributed by atoms with van der Waals surface area (Å²) >= 11 is 0. The molecule has 0 unspecified atom stereocenters. The van der Waals surface area contributed by atoms with Crippen LogP contribution < -0.4 is 5.32 Å². The van der Waals surface area contributed by atoms with Gasteiger partial charge in [-0.3, -0.25) is 10.1 Å². The molecule has 0 aliphatic carbocycles. The van der Waals surface area contributed by atoms with Crippen LogP contribution in [0.25, 0.3) is 0 Å². The molecule has 6 heteroatoms. The molecular weight excluding hydrogens is 326 g/mol. The maximum atomic E-state index is 14.1. The lowest BCUT2D eigenvalue weighted by Crippen LogP contribution is -2.29. The number of non-ortho nitro benzene ring substituents is 1. The highest BCUT2D eigenvalue weighted by atomic mass is 19.1. The molecule has 4 nitrogen and oxygen atoms in total. The highest BCUT2D eigenvalue weighted by molar-refractivity contribution is 5.56. The Kier molecular flexibility index (Phi) is 5.72. The van der Waals surface area contributed by atoms with Crippen LogP contribution in [0.15, 0.2) is 36.4 Å². The number of halogens is 2. The van der Waals surface area contributed by atoms with Gasteiger partial charge >= 0.3 is 0 Å². The van der Waals surface area contributed by atoms with Gasteiger partial charge < -0.3 is 5.32 Å². The Morgan fingerprint density at radius 3 is 2.48 bits per heavy atom. The fourth-order valence-electron chi connectivity index (χ4n) is 2.79. The zero-order chi connectivity index (χ0) is 18.6. The molecule has 134 valence electrons. The van der Waals surface area contributed by atoms with Crippen LogP contribution in [0.5, 0.6) is 0 Å². The fourth-order valence-corrected chi connectivity index (χ4v) is 2.79. The first-order chi connectivity index (χ1) is 11.7. The van der Waals surface area contributed by atoms with E-state index < -0.39 is 22.0 Å². The van der Waals surface area contributed by atoms with E-state index in [1.54, 1.807) is 12.1 Å². The van der Waals surface area contributed by atoms with Crippen LogP contribution in [0.3, 0.4) is 0 Å². The summed E-state index contributed by atoms with van der Waals surface area (Å²) < 4.78 is 27.2. The van der Waals surface area contributed by atoms with Crippen molar-refractivity contribution in [3.05, 3.63) is 69.3 Å². The Morgan fingerprint density at radius 2 is 1.88 bits per heavy atom. The van der Waals surface area contributed by atoms with Crippen LogP contribution in [0.1, 0.15) is 38.3 Å². The minimum absolute atomic E-state index is 0.0536. The molecule has 0 atom stereocenters. The highest BCUT2D eigenvalue weighted by Gasteiger charge is 2.25. The number of nitrogens with one attached hydrogen (secondary N) is 1. The van der Waals surface area contributed by atoms with E-state index in [2.05, 4.69) is 5.32 Å². The van der Waals surface area contributed by atoms with Gasteiger partial charge in [-0.2, -0.15) is 0 Å². The van der Waals surface area contributed by atoms with E-state index in [4.69, 9.17) is 0 Å². The SMILES string of the molecule is CCCc1cc([N+](=O)[O-])ccc1NCC(C)(C)c1ccc(F)cc1F. The Balaban J connectivity index is 2.23. The Hall–Kier alpha value is -2.50. The van der Waals surface area contributed by atoms with Gasteiger partial charge in [0.25, 0.3) is 5.69 Å². The van der Waals surface area contributed by atoms with Gasteiger partial charge in [0.2, 0.25) is 0 Å². The van der Waals surface area contributed by atoms with Crippen molar-refractivity contribution in [2.45, 2.75) is 39.0 Å². The molecule has 0 aromatic heterocycles. The first kappa shape index (κ1) is 18.8. The molecule has 0 bridgehead atoms. The molecule has 0 fully saturated rings. The van der Waals surface area contributed by atoms with Crippen molar-refractivity contribution < 1.29 is 13.7 Å². The summed E-state index contributed by atoms with van der Waals surface area (Å²) in [5.74, 6) is -1.19. The Morgan fingerprint density at radius 1 is 1.16 bits per heavy atom. The molecule has 1 N–H and O–H groups in total. The zero-order valence-corrected chi connectivity index (χ0v) is 14.6. The topological polar surface area (TPSA) is 55.2 Å². The monoisotopic (exact) mass is 348 g/mol. The summed E-state index contributed by atoms with van der Waals surface area (Å²) in [7, 11) is 0. The number of rotatable bonds is 7. The van der Waals surface area contributed by atoms with Gasteiger partial charge in [0.15, 0.2) is 0 Å². The van der Waals surface area contributed by atoms with E-state index in [-0.39, 0.29) is 5.69 Å². The third-order valence-corrected chi connectivity index (χ3v) is 4.20. The number of anilines is 1. The number of nitro benzene ring substituents is 1. The van der Waals surface area contributed by atoms with Gasteiger partial charge in [-0.05, 0) is 29.7 Å². The highest BCUT2D eigenvalue weighted by Crippen LogP contribution is 2.29. The fraction of sp³-hybridized carbons (Fsp3) is 0.368. The van der Waals surface area contributed by atoms with Gasteiger partial charge in [0.05, 0.1) is 4.92 Å². The lowest BCUT2D eigenvalue weighted by atomic mass is 9.84. The lowest BCUT2D eigenvalue weighted by Gasteiger charge is -2.27. The van der Waals surface area contributed by atoms with Gasteiger partial charge in [-0.15, -0.1) is 0 Å². The predicted molar refractivity (Wildman–Crippen MR) is 95.0 cm³/mol. The average Bonchev–Trinajstić information content (AvgIpc) is 2.53. The lowest BCUT2D eigenvalue weighted by molar-refractivity contribution is -0.384. The quantitative estimate of drug-likeness (QED) is 0.552. The van der Waals surface area contributed by atoms with Crippen molar-refractivity contribution in [1.29, 1.82) is 0 Å². The molecule has 0 amide bonds. The van der Waals surface area contributed by atoms with Gasteiger partial charge in [-0.1, -0.05) is 33.3 Å². The van der Waals surface area contributed by atoms with Gasteiger partial charge in [0, 0.05) is 35.8 Å². The Bertz CT molecular complexity index is 776. The number of nitrogens with zero attached hydrogens (tertiary/aromatic N) is 1. The summed E-state index contributed by atoms with van der Waals surface area (Å²) in [6.45, 7) is 6.13. The molecule has 0 aliphatic heterocycles. The van der Waals surface area contributed by atoms with Crippen LogP contribution in [-0.2, 0) is 11.8 Å². The number of aryl methyl sites for hydroxylation is 1. The third kappa shape index (κ3) is 4.53. The van der Waals surface area contributed by atoms with E-state index in [9.17, 15) is 18.9 Å². The van der Waals surface area contributed by atoms with Crippen LogP contribution in [0.4, 0.5) is 20.2 Å². The van der Waals surface area contributed by atoms with E-state index >= 15 is 0 Å². The average molecular weight is 348 g/mol. The molecule has 0 spiro atoms. The van der Waals surface area contributed by atoms with Crippen molar-refractivity contribution in [1.82, 2.24) is 0 Å². The second-order valence-corrected chi connectivity index (χ2v) is 6.71. The normalized spacial score (nSPS) is 11.4. The van der Waals surface area contributed by atoms with Crippen molar-refractivity contribution in [3.8, 4) is 0 Å². The molecule has 2 aromatic carbocycles. The first-order valence-corrected chi connectivity index (χ1v) is 8.21. The number of hydrogen-bond donors (Lipinski definition) is 1. The van der Waals surface area contributed by atoms with Crippen molar-refractivity contribution >= 4 is 11.4 Å².